The summed E-state index contributed by atoms with van der Waals surface area (Å²) in [5.41, 5.74) is 3.60. The maximum absolute atomic E-state index is 8.75. The van der Waals surface area contributed by atoms with Gasteiger partial charge in [0.15, 0.2) is 5.69 Å². The third-order valence-electron chi connectivity index (χ3n) is 2.25. The highest BCUT2D eigenvalue weighted by molar-refractivity contribution is 5.37. The van der Waals surface area contributed by atoms with Crippen LogP contribution in [-0.4, -0.2) is 9.78 Å². The van der Waals surface area contributed by atoms with Gasteiger partial charge >= 0.3 is 0 Å². The first-order valence-corrected chi connectivity index (χ1v) is 4.74. The molecule has 0 aliphatic carbocycles. The Morgan fingerprint density at radius 3 is 2.67 bits per heavy atom. The summed E-state index contributed by atoms with van der Waals surface area (Å²) in [4.78, 5) is 0. The molecule has 0 unspecified atom stereocenters. The summed E-state index contributed by atoms with van der Waals surface area (Å²) < 4.78 is 1.78. The third kappa shape index (κ3) is 1.75. The van der Waals surface area contributed by atoms with E-state index in [1.54, 1.807) is 10.7 Å². The van der Waals surface area contributed by atoms with E-state index in [1.807, 2.05) is 44.2 Å². The van der Waals surface area contributed by atoms with Gasteiger partial charge in [0.25, 0.3) is 0 Å². The van der Waals surface area contributed by atoms with E-state index in [1.165, 1.54) is 5.56 Å². The fourth-order valence-corrected chi connectivity index (χ4v) is 1.55. The molecule has 0 N–H and O–H groups in total. The summed E-state index contributed by atoms with van der Waals surface area (Å²) in [6.07, 6.45) is 0. The van der Waals surface area contributed by atoms with Gasteiger partial charge in [-0.15, -0.1) is 0 Å². The topological polar surface area (TPSA) is 41.6 Å². The number of nitriles is 1. The van der Waals surface area contributed by atoms with Gasteiger partial charge < -0.3 is 0 Å². The van der Waals surface area contributed by atoms with Crippen LogP contribution in [0.3, 0.4) is 0 Å². The van der Waals surface area contributed by atoms with Crippen molar-refractivity contribution in [2.75, 3.05) is 0 Å². The molecule has 0 aliphatic heterocycles. The number of aromatic nitrogens is 2. The molecule has 1 aromatic heterocycles. The molecule has 0 aliphatic rings. The predicted molar refractivity (Wildman–Crippen MR) is 57.8 cm³/mol. The zero-order chi connectivity index (χ0) is 10.8. The highest BCUT2D eigenvalue weighted by Crippen LogP contribution is 2.12. The number of rotatable bonds is 1. The maximum atomic E-state index is 8.75. The first-order valence-electron chi connectivity index (χ1n) is 4.74. The summed E-state index contributed by atoms with van der Waals surface area (Å²) in [5, 5.41) is 12.9. The maximum Gasteiger partial charge on any atom is 0.163 e. The van der Waals surface area contributed by atoms with Gasteiger partial charge in [-0.05, 0) is 37.6 Å². The van der Waals surface area contributed by atoms with Crippen LogP contribution in [0.25, 0.3) is 5.69 Å². The third-order valence-corrected chi connectivity index (χ3v) is 2.25. The zero-order valence-electron chi connectivity index (χ0n) is 8.73. The summed E-state index contributed by atoms with van der Waals surface area (Å²) in [5.74, 6) is 0. The molecule has 0 saturated carbocycles. The fourth-order valence-electron chi connectivity index (χ4n) is 1.55. The monoisotopic (exact) mass is 197 g/mol. The fraction of sp³-hybridized carbons (Fsp3) is 0.167. The number of benzene rings is 1. The van der Waals surface area contributed by atoms with Gasteiger partial charge in [0, 0.05) is 5.69 Å². The minimum atomic E-state index is 0.453. The van der Waals surface area contributed by atoms with E-state index >= 15 is 0 Å². The van der Waals surface area contributed by atoms with Crippen LogP contribution in [0.2, 0.25) is 0 Å². The van der Waals surface area contributed by atoms with E-state index < -0.39 is 0 Å². The molecule has 15 heavy (non-hydrogen) atoms. The van der Waals surface area contributed by atoms with Gasteiger partial charge in [-0.2, -0.15) is 10.4 Å². The Morgan fingerprint density at radius 2 is 2.07 bits per heavy atom. The first kappa shape index (κ1) is 9.47. The van der Waals surface area contributed by atoms with Crippen molar-refractivity contribution in [1.82, 2.24) is 9.78 Å². The second kappa shape index (κ2) is 3.58. The molecule has 1 heterocycles. The lowest BCUT2D eigenvalue weighted by molar-refractivity contribution is 0.840. The van der Waals surface area contributed by atoms with Crippen LogP contribution in [0.15, 0.2) is 30.3 Å². The molecule has 2 aromatic rings. The van der Waals surface area contributed by atoms with Crippen molar-refractivity contribution < 1.29 is 0 Å². The average Bonchev–Trinajstić information content (AvgIpc) is 2.60. The number of hydrogen-bond acceptors (Lipinski definition) is 2. The molecule has 0 saturated heterocycles. The molecular formula is C12H11N3. The normalized spacial score (nSPS) is 9.93. The Kier molecular flexibility index (Phi) is 2.26. The van der Waals surface area contributed by atoms with E-state index in [-0.39, 0.29) is 0 Å². The quantitative estimate of drug-likeness (QED) is 0.704. The largest absolute Gasteiger partial charge is 0.237 e. The molecule has 2 rings (SSSR count). The Morgan fingerprint density at radius 1 is 1.27 bits per heavy atom. The molecule has 74 valence electrons. The lowest BCUT2D eigenvalue weighted by Crippen LogP contribution is -1.98. The summed E-state index contributed by atoms with van der Waals surface area (Å²) >= 11 is 0. The Bertz CT molecular complexity index is 532. The van der Waals surface area contributed by atoms with Gasteiger partial charge in [-0.1, -0.05) is 12.1 Å². The van der Waals surface area contributed by atoms with Crippen molar-refractivity contribution in [1.29, 1.82) is 5.26 Å². The SMILES string of the molecule is Cc1cccc(-n2nc(C#N)cc2C)c1. The van der Waals surface area contributed by atoms with E-state index in [0.717, 1.165) is 11.4 Å². The molecule has 0 atom stereocenters. The Hall–Kier alpha value is -2.08. The van der Waals surface area contributed by atoms with Gasteiger partial charge in [-0.25, -0.2) is 4.68 Å². The highest BCUT2D eigenvalue weighted by atomic mass is 15.3. The van der Waals surface area contributed by atoms with Crippen molar-refractivity contribution in [3.05, 3.63) is 47.3 Å². The second-order valence-electron chi connectivity index (χ2n) is 3.53. The predicted octanol–water partition coefficient (Wildman–Crippen LogP) is 2.36. The van der Waals surface area contributed by atoms with Crippen LogP contribution in [0.1, 0.15) is 17.0 Å². The van der Waals surface area contributed by atoms with Gasteiger partial charge in [0.1, 0.15) is 6.07 Å². The lowest BCUT2D eigenvalue weighted by Gasteiger charge is -2.04. The molecule has 0 amide bonds. The summed E-state index contributed by atoms with van der Waals surface area (Å²) in [6, 6.07) is 11.9. The van der Waals surface area contributed by atoms with Crippen LogP contribution < -0.4 is 0 Å². The van der Waals surface area contributed by atoms with Crippen LogP contribution in [0.4, 0.5) is 0 Å². The van der Waals surface area contributed by atoms with Crippen molar-refractivity contribution in [3.8, 4) is 11.8 Å². The van der Waals surface area contributed by atoms with Crippen molar-refractivity contribution in [3.63, 3.8) is 0 Å². The number of hydrogen-bond donors (Lipinski definition) is 0. The zero-order valence-corrected chi connectivity index (χ0v) is 8.73. The standard InChI is InChI=1S/C12H11N3/c1-9-4-3-5-12(6-9)15-10(2)7-11(8-13)14-15/h3-7H,1-2H3. The van der Waals surface area contributed by atoms with E-state index in [0.29, 0.717) is 5.69 Å². The molecule has 0 fully saturated rings. The first-order chi connectivity index (χ1) is 7.20. The Labute approximate surface area is 88.6 Å². The molecule has 1 aromatic carbocycles. The highest BCUT2D eigenvalue weighted by Gasteiger charge is 2.04. The number of aryl methyl sites for hydroxylation is 2. The van der Waals surface area contributed by atoms with Crippen molar-refractivity contribution >= 4 is 0 Å². The van der Waals surface area contributed by atoms with Gasteiger partial charge in [0.2, 0.25) is 0 Å². The molecule has 3 heteroatoms. The van der Waals surface area contributed by atoms with E-state index in [2.05, 4.69) is 5.10 Å². The van der Waals surface area contributed by atoms with Crippen LogP contribution in [-0.2, 0) is 0 Å². The lowest BCUT2D eigenvalue weighted by atomic mass is 10.2. The van der Waals surface area contributed by atoms with Crippen molar-refractivity contribution in [2.24, 2.45) is 0 Å². The second-order valence-corrected chi connectivity index (χ2v) is 3.53. The molecule has 0 spiro atoms. The minimum Gasteiger partial charge on any atom is -0.237 e. The molecular weight excluding hydrogens is 186 g/mol. The Balaban J connectivity index is 2.54. The van der Waals surface area contributed by atoms with Gasteiger partial charge in [0.05, 0.1) is 5.69 Å². The van der Waals surface area contributed by atoms with Crippen LogP contribution in [0.5, 0.6) is 0 Å². The molecule has 0 bridgehead atoms. The average molecular weight is 197 g/mol. The van der Waals surface area contributed by atoms with Crippen LogP contribution >= 0.6 is 0 Å². The minimum absolute atomic E-state index is 0.453. The molecule has 3 nitrogen and oxygen atoms in total. The smallest absolute Gasteiger partial charge is 0.163 e. The molecule has 0 radical (unpaired) electrons. The van der Waals surface area contributed by atoms with E-state index in [9.17, 15) is 0 Å². The van der Waals surface area contributed by atoms with Gasteiger partial charge in [-0.3, -0.25) is 0 Å². The summed E-state index contributed by atoms with van der Waals surface area (Å²) in [7, 11) is 0. The number of nitrogens with zero attached hydrogens (tertiary/aromatic N) is 3. The van der Waals surface area contributed by atoms with Crippen LogP contribution in [0, 0.1) is 25.2 Å². The van der Waals surface area contributed by atoms with E-state index in [4.69, 9.17) is 5.26 Å². The summed E-state index contributed by atoms with van der Waals surface area (Å²) in [6.45, 7) is 3.98. The van der Waals surface area contributed by atoms with Crippen molar-refractivity contribution in [2.45, 2.75) is 13.8 Å².